The standard InChI is InChI=1S/C21H37N5O/c1-22-20(23-17-21(8-9-21)18-6-7-18)26-14-12-24(13-15-26)16-19(27)25-10-4-2-3-5-11-25/h18H,2-17H2,1H3,(H,22,23). The van der Waals surface area contributed by atoms with Crippen molar-refractivity contribution in [3.63, 3.8) is 0 Å². The van der Waals surface area contributed by atoms with Crippen LogP contribution in [0.15, 0.2) is 4.99 Å². The van der Waals surface area contributed by atoms with Crippen LogP contribution in [0.5, 0.6) is 0 Å². The Balaban J connectivity index is 1.20. The Bertz CT molecular complexity index is 539. The summed E-state index contributed by atoms with van der Waals surface area (Å²) in [5, 5.41) is 3.66. The van der Waals surface area contributed by atoms with Gasteiger partial charge in [-0.05, 0) is 49.9 Å². The van der Waals surface area contributed by atoms with Crippen LogP contribution < -0.4 is 5.32 Å². The minimum Gasteiger partial charge on any atom is -0.356 e. The Morgan fingerprint density at radius 3 is 2.19 bits per heavy atom. The molecule has 2 aliphatic heterocycles. The SMILES string of the molecule is CN=C(NCC1(C2CC2)CC1)N1CCN(CC(=O)N2CCCCCC2)CC1. The Hall–Kier alpha value is -1.30. The summed E-state index contributed by atoms with van der Waals surface area (Å²) in [5.41, 5.74) is 0.595. The van der Waals surface area contributed by atoms with Gasteiger partial charge in [-0.25, -0.2) is 0 Å². The zero-order valence-electron chi connectivity index (χ0n) is 17.1. The van der Waals surface area contributed by atoms with Gasteiger partial charge in [0.25, 0.3) is 0 Å². The number of likely N-dealkylation sites (tertiary alicyclic amines) is 1. The second-order valence-corrected chi connectivity index (χ2v) is 9.10. The van der Waals surface area contributed by atoms with Crippen molar-refractivity contribution >= 4 is 11.9 Å². The van der Waals surface area contributed by atoms with Crippen LogP contribution in [0.2, 0.25) is 0 Å². The molecule has 2 aliphatic carbocycles. The van der Waals surface area contributed by atoms with E-state index in [0.717, 1.165) is 57.7 Å². The van der Waals surface area contributed by atoms with Crippen LogP contribution in [0.25, 0.3) is 0 Å². The molecule has 2 saturated heterocycles. The Morgan fingerprint density at radius 1 is 0.963 bits per heavy atom. The lowest BCUT2D eigenvalue weighted by Crippen LogP contribution is -2.54. The molecular weight excluding hydrogens is 338 g/mol. The van der Waals surface area contributed by atoms with Crippen LogP contribution in [0.1, 0.15) is 51.4 Å². The molecular formula is C21H37N5O. The van der Waals surface area contributed by atoms with E-state index in [9.17, 15) is 4.79 Å². The first kappa shape index (κ1) is 19.0. The molecule has 0 unspecified atom stereocenters. The molecule has 2 heterocycles. The predicted octanol–water partition coefficient (Wildman–Crippen LogP) is 1.77. The van der Waals surface area contributed by atoms with Crippen molar-refractivity contribution in [1.82, 2.24) is 20.0 Å². The highest BCUT2D eigenvalue weighted by molar-refractivity contribution is 5.80. The lowest BCUT2D eigenvalue weighted by molar-refractivity contribution is -0.132. The van der Waals surface area contributed by atoms with Crippen LogP contribution in [0.4, 0.5) is 0 Å². The predicted molar refractivity (Wildman–Crippen MR) is 109 cm³/mol. The zero-order chi connectivity index (χ0) is 18.7. The van der Waals surface area contributed by atoms with E-state index in [-0.39, 0.29) is 0 Å². The summed E-state index contributed by atoms with van der Waals surface area (Å²) in [6, 6.07) is 0. The first-order valence-electron chi connectivity index (χ1n) is 11.2. The summed E-state index contributed by atoms with van der Waals surface area (Å²) in [4.78, 5) is 23.9. The fraction of sp³-hybridized carbons (Fsp3) is 0.905. The maximum atomic E-state index is 12.6. The number of amides is 1. The molecule has 0 spiro atoms. The quantitative estimate of drug-likeness (QED) is 0.588. The van der Waals surface area contributed by atoms with Crippen molar-refractivity contribution in [1.29, 1.82) is 0 Å². The third kappa shape index (κ3) is 4.76. The van der Waals surface area contributed by atoms with Crippen molar-refractivity contribution in [2.24, 2.45) is 16.3 Å². The molecule has 4 rings (SSSR count). The highest BCUT2D eigenvalue weighted by atomic mass is 16.2. The molecule has 2 saturated carbocycles. The topological polar surface area (TPSA) is 51.2 Å². The molecule has 1 amide bonds. The highest BCUT2D eigenvalue weighted by Crippen LogP contribution is 2.60. The average molecular weight is 376 g/mol. The van der Waals surface area contributed by atoms with Gasteiger partial charge in [0.05, 0.1) is 6.54 Å². The van der Waals surface area contributed by atoms with Crippen molar-refractivity contribution in [2.45, 2.75) is 51.4 Å². The summed E-state index contributed by atoms with van der Waals surface area (Å²) in [6.07, 6.45) is 10.6. The lowest BCUT2D eigenvalue weighted by atomic mass is 10.0. The number of nitrogens with one attached hydrogen (secondary N) is 1. The first-order chi connectivity index (χ1) is 13.2. The second-order valence-electron chi connectivity index (χ2n) is 9.10. The van der Waals surface area contributed by atoms with E-state index < -0.39 is 0 Å². The van der Waals surface area contributed by atoms with E-state index in [2.05, 4.69) is 25.0 Å². The largest absolute Gasteiger partial charge is 0.356 e. The summed E-state index contributed by atoms with van der Waals surface area (Å²) < 4.78 is 0. The molecule has 4 fully saturated rings. The van der Waals surface area contributed by atoms with Gasteiger partial charge in [0.1, 0.15) is 0 Å². The maximum absolute atomic E-state index is 12.6. The van der Waals surface area contributed by atoms with Crippen molar-refractivity contribution in [3.8, 4) is 0 Å². The smallest absolute Gasteiger partial charge is 0.236 e. The zero-order valence-corrected chi connectivity index (χ0v) is 17.1. The lowest BCUT2D eigenvalue weighted by Gasteiger charge is -2.37. The number of hydrogen-bond donors (Lipinski definition) is 1. The third-order valence-electron chi connectivity index (χ3n) is 7.14. The van der Waals surface area contributed by atoms with Gasteiger partial charge in [-0.2, -0.15) is 0 Å². The minimum atomic E-state index is 0.327. The van der Waals surface area contributed by atoms with Crippen LogP contribution in [-0.2, 0) is 4.79 Å². The normalized spacial score (nSPS) is 26.6. The van der Waals surface area contributed by atoms with Crippen LogP contribution in [-0.4, -0.2) is 86.0 Å². The number of nitrogens with zero attached hydrogens (tertiary/aromatic N) is 4. The number of aliphatic imine (C=N–C) groups is 1. The molecule has 0 aromatic heterocycles. The molecule has 0 aromatic rings. The maximum Gasteiger partial charge on any atom is 0.236 e. The number of guanidine groups is 1. The number of piperazine rings is 1. The van der Waals surface area contributed by atoms with Gasteiger partial charge in [-0.15, -0.1) is 0 Å². The van der Waals surface area contributed by atoms with E-state index in [4.69, 9.17) is 0 Å². The van der Waals surface area contributed by atoms with Gasteiger partial charge < -0.3 is 15.1 Å². The molecule has 0 atom stereocenters. The Labute approximate surface area is 164 Å². The summed E-state index contributed by atoms with van der Waals surface area (Å²) in [6.45, 7) is 7.42. The van der Waals surface area contributed by atoms with Gasteiger partial charge in [0, 0.05) is 52.9 Å². The fourth-order valence-corrected chi connectivity index (χ4v) is 4.90. The molecule has 6 heteroatoms. The Morgan fingerprint density at radius 2 is 1.63 bits per heavy atom. The minimum absolute atomic E-state index is 0.327. The molecule has 152 valence electrons. The fourth-order valence-electron chi connectivity index (χ4n) is 4.90. The molecule has 0 radical (unpaired) electrons. The number of rotatable bonds is 5. The van der Waals surface area contributed by atoms with Crippen LogP contribution in [0.3, 0.4) is 0 Å². The number of hydrogen-bond acceptors (Lipinski definition) is 3. The molecule has 6 nitrogen and oxygen atoms in total. The molecule has 0 aromatic carbocycles. The van der Waals surface area contributed by atoms with Crippen molar-refractivity contribution in [3.05, 3.63) is 0 Å². The van der Waals surface area contributed by atoms with E-state index in [1.165, 1.54) is 51.4 Å². The van der Waals surface area contributed by atoms with E-state index in [0.29, 0.717) is 17.9 Å². The monoisotopic (exact) mass is 375 g/mol. The van der Waals surface area contributed by atoms with E-state index in [1.54, 1.807) is 0 Å². The van der Waals surface area contributed by atoms with Gasteiger partial charge in [-0.3, -0.25) is 14.7 Å². The molecule has 0 bridgehead atoms. The van der Waals surface area contributed by atoms with Crippen molar-refractivity contribution in [2.75, 3.05) is 59.4 Å². The first-order valence-corrected chi connectivity index (χ1v) is 11.2. The average Bonchev–Trinajstić information content (AvgIpc) is 3.57. The third-order valence-corrected chi connectivity index (χ3v) is 7.14. The summed E-state index contributed by atoms with van der Waals surface area (Å²) in [7, 11) is 1.90. The van der Waals surface area contributed by atoms with Gasteiger partial charge in [0.15, 0.2) is 5.96 Å². The Kier molecular flexibility index (Phi) is 5.90. The van der Waals surface area contributed by atoms with Crippen molar-refractivity contribution < 1.29 is 4.79 Å². The van der Waals surface area contributed by atoms with Gasteiger partial charge in [0.2, 0.25) is 5.91 Å². The molecule has 27 heavy (non-hydrogen) atoms. The van der Waals surface area contributed by atoms with Crippen LogP contribution >= 0.6 is 0 Å². The van der Waals surface area contributed by atoms with E-state index >= 15 is 0 Å². The van der Waals surface area contributed by atoms with Gasteiger partial charge >= 0.3 is 0 Å². The van der Waals surface area contributed by atoms with E-state index in [1.807, 2.05) is 7.05 Å². The summed E-state index contributed by atoms with van der Waals surface area (Å²) >= 11 is 0. The number of carbonyl (C=O) groups excluding carboxylic acids is 1. The molecule has 1 N–H and O–H groups in total. The molecule has 4 aliphatic rings. The van der Waals surface area contributed by atoms with Gasteiger partial charge in [-0.1, -0.05) is 12.8 Å². The van der Waals surface area contributed by atoms with Crippen LogP contribution in [0, 0.1) is 11.3 Å². The summed E-state index contributed by atoms with van der Waals surface area (Å²) in [5.74, 6) is 2.36. The highest BCUT2D eigenvalue weighted by Gasteiger charge is 2.53. The second kappa shape index (κ2) is 8.38. The number of carbonyl (C=O) groups is 1.